The zero-order chi connectivity index (χ0) is 16.3. The molecular formula is C14H15N3O5. The summed E-state index contributed by atoms with van der Waals surface area (Å²) in [6.07, 6.45) is 0.285. The van der Waals surface area contributed by atoms with Crippen LogP contribution in [0.2, 0.25) is 0 Å². The first-order valence-electron chi connectivity index (χ1n) is 6.64. The number of nitrogens with zero attached hydrogens (tertiary/aromatic N) is 1. The first-order valence-corrected chi connectivity index (χ1v) is 6.64. The lowest BCUT2D eigenvalue weighted by Gasteiger charge is -2.27. The highest BCUT2D eigenvalue weighted by Gasteiger charge is 2.24. The maximum absolute atomic E-state index is 11.8. The van der Waals surface area contributed by atoms with Gasteiger partial charge in [0.25, 0.3) is 5.91 Å². The molecule has 2 rings (SSSR count). The molecule has 8 heteroatoms. The molecule has 0 bridgehead atoms. The predicted octanol–water partition coefficient (Wildman–Crippen LogP) is 0.0475. The van der Waals surface area contributed by atoms with E-state index >= 15 is 0 Å². The van der Waals surface area contributed by atoms with E-state index in [4.69, 9.17) is 5.11 Å². The molecule has 0 spiro atoms. The van der Waals surface area contributed by atoms with Crippen LogP contribution in [-0.4, -0.2) is 34.8 Å². The molecule has 1 atom stereocenters. The Morgan fingerprint density at radius 2 is 1.86 bits per heavy atom. The highest BCUT2D eigenvalue weighted by molar-refractivity contribution is 6.02. The quantitative estimate of drug-likeness (QED) is 0.726. The lowest BCUT2D eigenvalue weighted by Crippen LogP contribution is -2.50. The van der Waals surface area contributed by atoms with E-state index in [1.54, 1.807) is 0 Å². The van der Waals surface area contributed by atoms with Gasteiger partial charge in [-0.15, -0.1) is 0 Å². The molecule has 0 aromatic heterocycles. The summed E-state index contributed by atoms with van der Waals surface area (Å²) in [7, 11) is 0. The molecule has 3 N–H and O–H groups in total. The molecular weight excluding hydrogens is 290 g/mol. The molecule has 116 valence electrons. The van der Waals surface area contributed by atoms with Crippen molar-refractivity contribution < 1.29 is 24.3 Å². The number of carbonyl (C=O) groups excluding carboxylic acids is 3. The molecule has 22 heavy (non-hydrogen) atoms. The molecule has 0 aliphatic carbocycles. The Kier molecular flexibility index (Phi) is 4.40. The second kappa shape index (κ2) is 6.25. The second-order valence-corrected chi connectivity index (χ2v) is 4.84. The number of rotatable bonds is 4. The minimum absolute atomic E-state index is 0.129. The molecule has 1 aromatic rings. The highest BCUT2D eigenvalue weighted by atomic mass is 16.4. The molecule has 1 fully saturated rings. The van der Waals surface area contributed by atoms with Gasteiger partial charge in [0.15, 0.2) is 0 Å². The van der Waals surface area contributed by atoms with Crippen molar-refractivity contribution in [1.82, 2.24) is 10.7 Å². The Morgan fingerprint density at radius 3 is 2.45 bits per heavy atom. The Labute approximate surface area is 126 Å². The number of nitrogens with one attached hydrogen (secondary N) is 2. The molecule has 0 radical (unpaired) electrons. The summed E-state index contributed by atoms with van der Waals surface area (Å²) in [6, 6.07) is 4.91. The van der Waals surface area contributed by atoms with Crippen LogP contribution in [0.5, 0.6) is 0 Å². The van der Waals surface area contributed by atoms with Crippen molar-refractivity contribution in [3.63, 3.8) is 0 Å². The summed E-state index contributed by atoms with van der Waals surface area (Å²) >= 11 is 0. The van der Waals surface area contributed by atoms with Crippen LogP contribution in [0, 0.1) is 0 Å². The van der Waals surface area contributed by atoms with Crippen molar-refractivity contribution in [2.75, 3.05) is 5.01 Å². The summed E-state index contributed by atoms with van der Waals surface area (Å²) in [4.78, 5) is 45.6. The van der Waals surface area contributed by atoms with Crippen LogP contribution in [0.15, 0.2) is 24.3 Å². The summed E-state index contributed by atoms with van der Waals surface area (Å²) < 4.78 is 0. The van der Waals surface area contributed by atoms with Crippen LogP contribution in [-0.2, 0) is 14.4 Å². The number of hydrogen-bond donors (Lipinski definition) is 3. The number of anilines is 1. The Bertz CT molecular complexity index is 626. The lowest BCUT2D eigenvalue weighted by atomic mass is 10.1. The Balaban J connectivity index is 2.09. The van der Waals surface area contributed by atoms with Gasteiger partial charge in [-0.3, -0.25) is 24.6 Å². The molecule has 0 saturated carbocycles. The minimum atomic E-state index is -1.13. The van der Waals surface area contributed by atoms with Gasteiger partial charge in [0.2, 0.25) is 11.8 Å². The Hall–Kier alpha value is -2.90. The maximum atomic E-state index is 11.8. The van der Waals surface area contributed by atoms with Gasteiger partial charge in [0.05, 0.1) is 5.69 Å². The third-order valence-corrected chi connectivity index (χ3v) is 3.16. The van der Waals surface area contributed by atoms with E-state index < -0.39 is 17.9 Å². The van der Waals surface area contributed by atoms with E-state index in [9.17, 15) is 19.2 Å². The number of carboxylic acid groups (broad SMARTS) is 1. The molecule has 3 amide bonds. The van der Waals surface area contributed by atoms with E-state index in [0.29, 0.717) is 5.69 Å². The fourth-order valence-electron chi connectivity index (χ4n) is 1.89. The average Bonchev–Trinajstić information content (AvgIpc) is 2.49. The first-order chi connectivity index (χ1) is 10.4. The number of amides is 3. The van der Waals surface area contributed by atoms with Crippen LogP contribution < -0.4 is 15.8 Å². The van der Waals surface area contributed by atoms with Gasteiger partial charge < -0.3 is 10.4 Å². The molecule has 1 aliphatic heterocycles. The third-order valence-electron chi connectivity index (χ3n) is 3.16. The van der Waals surface area contributed by atoms with Gasteiger partial charge in [-0.05, 0) is 31.2 Å². The molecule has 8 nitrogen and oxygen atoms in total. The normalized spacial score (nSPS) is 16.0. The van der Waals surface area contributed by atoms with Crippen LogP contribution in [0.3, 0.4) is 0 Å². The fourth-order valence-corrected chi connectivity index (χ4v) is 1.89. The van der Waals surface area contributed by atoms with Crippen LogP contribution >= 0.6 is 0 Å². The van der Waals surface area contributed by atoms with Gasteiger partial charge in [0, 0.05) is 18.4 Å². The number of hydrazine groups is 1. The monoisotopic (exact) mass is 305 g/mol. The lowest BCUT2D eigenvalue weighted by molar-refractivity contribution is -0.138. The molecule has 1 saturated heterocycles. The summed E-state index contributed by atoms with van der Waals surface area (Å²) in [5.74, 6) is -2.16. The summed E-state index contributed by atoms with van der Waals surface area (Å²) in [6.45, 7) is 1.36. The minimum Gasteiger partial charge on any atom is -0.480 e. The number of carboxylic acids is 1. The van der Waals surface area contributed by atoms with Crippen molar-refractivity contribution in [2.24, 2.45) is 0 Å². The van der Waals surface area contributed by atoms with Crippen LogP contribution in [0.4, 0.5) is 5.69 Å². The fraction of sp³-hybridized carbons (Fsp3) is 0.286. The molecule has 1 aliphatic rings. The standard InChI is InChI=1S/C14H15N3O5/c1-8(14(21)22)15-13(20)9-2-4-10(5-3-9)17-12(19)7-6-11(18)16-17/h2-5,8H,6-7H2,1H3,(H,15,20)(H,16,18)(H,21,22). The number of benzene rings is 1. The van der Waals surface area contributed by atoms with Crippen LogP contribution in [0.1, 0.15) is 30.1 Å². The van der Waals surface area contributed by atoms with E-state index in [-0.39, 0.29) is 30.2 Å². The van der Waals surface area contributed by atoms with Crippen molar-refractivity contribution in [2.45, 2.75) is 25.8 Å². The topological polar surface area (TPSA) is 116 Å². The number of carbonyl (C=O) groups is 4. The zero-order valence-electron chi connectivity index (χ0n) is 11.8. The smallest absolute Gasteiger partial charge is 0.325 e. The van der Waals surface area contributed by atoms with Gasteiger partial charge in [-0.1, -0.05) is 0 Å². The summed E-state index contributed by atoms with van der Waals surface area (Å²) in [5, 5.41) is 12.2. The van der Waals surface area contributed by atoms with Gasteiger partial charge in [0.1, 0.15) is 6.04 Å². The largest absolute Gasteiger partial charge is 0.480 e. The summed E-state index contributed by atoms with van der Waals surface area (Å²) in [5.41, 5.74) is 3.13. The van der Waals surface area contributed by atoms with Gasteiger partial charge in [-0.25, -0.2) is 5.01 Å². The van der Waals surface area contributed by atoms with E-state index in [1.165, 1.54) is 31.2 Å². The number of aliphatic carboxylic acids is 1. The van der Waals surface area contributed by atoms with Crippen molar-refractivity contribution in [3.8, 4) is 0 Å². The highest BCUT2D eigenvalue weighted by Crippen LogP contribution is 2.17. The molecule has 1 aromatic carbocycles. The first kappa shape index (κ1) is 15.5. The van der Waals surface area contributed by atoms with E-state index in [0.717, 1.165) is 5.01 Å². The van der Waals surface area contributed by atoms with Gasteiger partial charge >= 0.3 is 5.97 Å². The zero-order valence-corrected chi connectivity index (χ0v) is 11.8. The molecule has 1 unspecified atom stereocenters. The second-order valence-electron chi connectivity index (χ2n) is 4.84. The maximum Gasteiger partial charge on any atom is 0.325 e. The number of hydrogen-bond acceptors (Lipinski definition) is 4. The van der Waals surface area contributed by atoms with E-state index in [1.807, 2.05) is 0 Å². The third kappa shape index (κ3) is 3.40. The van der Waals surface area contributed by atoms with Crippen molar-refractivity contribution >= 4 is 29.4 Å². The van der Waals surface area contributed by atoms with Crippen LogP contribution in [0.25, 0.3) is 0 Å². The molecule has 1 heterocycles. The Morgan fingerprint density at radius 1 is 1.23 bits per heavy atom. The van der Waals surface area contributed by atoms with Crippen molar-refractivity contribution in [1.29, 1.82) is 0 Å². The average molecular weight is 305 g/mol. The SMILES string of the molecule is CC(NC(=O)c1ccc(N2NC(=O)CCC2=O)cc1)C(=O)O. The van der Waals surface area contributed by atoms with Gasteiger partial charge in [-0.2, -0.15) is 0 Å². The predicted molar refractivity (Wildman–Crippen MR) is 75.9 cm³/mol. The van der Waals surface area contributed by atoms with Crippen molar-refractivity contribution in [3.05, 3.63) is 29.8 Å². The van der Waals surface area contributed by atoms with E-state index in [2.05, 4.69) is 10.7 Å².